The van der Waals surface area contributed by atoms with Crippen molar-refractivity contribution in [2.24, 2.45) is 0 Å². The Kier molecular flexibility index (Phi) is 2.58. The van der Waals surface area contributed by atoms with Gasteiger partial charge in [0.2, 0.25) is 0 Å². The van der Waals surface area contributed by atoms with Gasteiger partial charge in [-0.05, 0) is 19.4 Å². The Hall–Kier alpha value is -0.190. The lowest BCUT2D eigenvalue weighted by atomic mass is 9.97. The molecule has 0 aromatic carbocycles. The van der Waals surface area contributed by atoms with Crippen LogP contribution in [0.15, 0.2) is 0 Å². The van der Waals surface area contributed by atoms with Crippen molar-refractivity contribution in [2.45, 2.75) is 18.8 Å². The first kappa shape index (κ1) is 8.41. The Morgan fingerprint density at radius 2 is 2.50 bits per heavy atom. The van der Waals surface area contributed by atoms with Gasteiger partial charge in [0.1, 0.15) is 4.34 Å². The van der Waals surface area contributed by atoms with Gasteiger partial charge in [0, 0.05) is 24.0 Å². The van der Waals surface area contributed by atoms with Crippen LogP contribution < -0.4 is 5.32 Å². The molecule has 1 unspecified atom stereocenters. The zero-order chi connectivity index (χ0) is 8.39. The van der Waals surface area contributed by atoms with Gasteiger partial charge in [-0.1, -0.05) is 16.1 Å². The highest BCUT2D eigenvalue weighted by molar-refractivity contribution is 7.10. The third-order valence-electron chi connectivity index (χ3n) is 2.15. The largest absolute Gasteiger partial charge is 0.316 e. The minimum Gasteiger partial charge on any atom is -0.316 e. The average Bonchev–Trinajstić information content (AvgIpc) is 2.53. The molecule has 1 N–H and O–H groups in total. The number of aromatic nitrogens is 2. The molecular formula is C7H10ClN3S. The van der Waals surface area contributed by atoms with Gasteiger partial charge in [-0.2, -0.15) is 0 Å². The van der Waals surface area contributed by atoms with Crippen molar-refractivity contribution in [3.05, 3.63) is 10.0 Å². The summed E-state index contributed by atoms with van der Waals surface area (Å²) >= 11 is 7.21. The fourth-order valence-electron chi connectivity index (χ4n) is 1.51. The highest BCUT2D eigenvalue weighted by atomic mass is 35.5. The Bertz CT molecular complexity index is 257. The number of nitrogens with zero attached hydrogens (tertiary/aromatic N) is 2. The van der Waals surface area contributed by atoms with Crippen LogP contribution in [0.25, 0.3) is 0 Å². The van der Waals surface area contributed by atoms with Crippen molar-refractivity contribution in [1.82, 2.24) is 14.9 Å². The molecule has 0 spiro atoms. The summed E-state index contributed by atoms with van der Waals surface area (Å²) in [6.07, 6.45) is 2.39. The minimum absolute atomic E-state index is 0.477. The molecule has 12 heavy (non-hydrogen) atoms. The summed E-state index contributed by atoms with van der Waals surface area (Å²) in [6, 6.07) is 0. The van der Waals surface area contributed by atoms with Crippen molar-refractivity contribution in [3.8, 4) is 0 Å². The van der Waals surface area contributed by atoms with Crippen LogP contribution in [0, 0.1) is 0 Å². The summed E-state index contributed by atoms with van der Waals surface area (Å²) in [4.78, 5) is 0. The van der Waals surface area contributed by atoms with E-state index in [-0.39, 0.29) is 0 Å². The maximum Gasteiger partial charge on any atom is 0.137 e. The first-order chi connectivity index (χ1) is 5.88. The predicted octanol–water partition coefficient (Wildman–Crippen LogP) is 1.66. The fourth-order valence-corrected chi connectivity index (χ4v) is 2.30. The van der Waals surface area contributed by atoms with Crippen molar-refractivity contribution < 1.29 is 0 Å². The molecule has 1 fully saturated rings. The predicted molar refractivity (Wildman–Crippen MR) is 49.8 cm³/mol. The molecule has 1 atom stereocenters. The third kappa shape index (κ3) is 1.60. The first-order valence-corrected chi connectivity index (χ1v) is 5.21. The van der Waals surface area contributed by atoms with E-state index in [0.717, 1.165) is 23.1 Å². The maximum atomic E-state index is 5.94. The number of rotatable bonds is 1. The van der Waals surface area contributed by atoms with Gasteiger partial charge in [-0.15, -0.1) is 5.10 Å². The van der Waals surface area contributed by atoms with Crippen molar-refractivity contribution in [2.75, 3.05) is 13.1 Å². The zero-order valence-electron chi connectivity index (χ0n) is 6.59. The van der Waals surface area contributed by atoms with E-state index in [1.807, 2.05) is 0 Å². The number of piperidine rings is 1. The Morgan fingerprint density at radius 3 is 3.08 bits per heavy atom. The van der Waals surface area contributed by atoms with E-state index in [0.29, 0.717) is 5.92 Å². The Balaban J connectivity index is 2.13. The monoisotopic (exact) mass is 203 g/mol. The van der Waals surface area contributed by atoms with Crippen LogP contribution in [0.3, 0.4) is 0 Å². The van der Waals surface area contributed by atoms with Gasteiger partial charge in [0.15, 0.2) is 0 Å². The highest BCUT2D eigenvalue weighted by Crippen LogP contribution is 2.29. The van der Waals surface area contributed by atoms with Crippen molar-refractivity contribution in [3.63, 3.8) is 0 Å². The molecule has 66 valence electrons. The van der Waals surface area contributed by atoms with Gasteiger partial charge in [0.05, 0.1) is 5.69 Å². The van der Waals surface area contributed by atoms with E-state index < -0.39 is 0 Å². The zero-order valence-corrected chi connectivity index (χ0v) is 8.16. The molecule has 1 saturated heterocycles. The number of halogens is 1. The molecule has 0 amide bonds. The van der Waals surface area contributed by atoms with E-state index in [1.165, 1.54) is 24.4 Å². The molecule has 1 aromatic rings. The third-order valence-corrected chi connectivity index (χ3v) is 3.09. The molecule has 1 aliphatic heterocycles. The minimum atomic E-state index is 0.477. The molecular weight excluding hydrogens is 194 g/mol. The van der Waals surface area contributed by atoms with Gasteiger partial charge < -0.3 is 5.32 Å². The topological polar surface area (TPSA) is 37.8 Å². The molecule has 2 rings (SSSR count). The van der Waals surface area contributed by atoms with E-state index in [2.05, 4.69) is 14.9 Å². The first-order valence-electron chi connectivity index (χ1n) is 4.06. The summed E-state index contributed by atoms with van der Waals surface area (Å²) in [6.45, 7) is 2.11. The van der Waals surface area contributed by atoms with E-state index in [4.69, 9.17) is 11.6 Å². The molecule has 0 saturated carbocycles. The van der Waals surface area contributed by atoms with Gasteiger partial charge in [0.25, 0.3) is 0 Å². The molecule has 0 radical (unpaired) electrons. The average molecular weight is 204 g/mol. The highest BCUT2D eigenvalue weighted by Gasteiger charge is 2.20. The number of nitrogens with one attached hydrogen (secondary N) is 1. The Labute approximate surface area is 80.3 Å². The summed E-state index contributed by atoms with van der Waals surface area (Å²) in [5, 5.41) is 7.36. The number of hydrogen-bond donors (Lipinski definition) is 1. The number of hydrogen-bond acceptors (Lipinski definition) is 4. The van der Waals surface area contributed by atoms with Crippen molar-refractivity contribution in [1.29, 1.82) is 0 Å². The second-order valence-electron chi connectivity index (χ2n) is 2.98. The van der Waals surface area contributed by atoms with Crippen LogP contribution in [0.1, 0.15) is 24.5 Å². The lowest BCUT2D eigenvalue weighted by Crippen LogP contribution is -2.28. The second kappa shape index (κ2) is 3.68. The molecule has 2 heterocycles. The van der Waals surface area contributed by atoms with Crippen LogP contribution in [0.2, 0.25) is 4.34 Å². The normalized spacial score (nSPS) is 24.2. The molecule has 0 aliphatic carbocycles. The van der Waals surface area contributed by atoms with Gasteiger partial charge >= 0.3 is 0 Å². The van der Waals surface area contributed by atoms with Crippen LogP contribution in [-0.4, -0.2) is 22.7 Å². The van der Waals surface area contributed by atoms with E-state index in [9.17, 15) is 0 Å². The molecule has 3 nitrogen and oxygen atoms in total. The smallest absolute Gasteiger partial charge is 0.137 e. The van der Waals surface area contributed by atoms with Crippen LogP contribution >= 0.6 is 23.1 Å². The standard InChI is InChI=1S/C7H10ClN3S/c8-7-6(10-11-12-7)5-2-1-3-9-4-5/h5,9H,1-4H2. The van der Waals surface area contributed by atoms with Crippen LogP contribution in [0.5, 0.6) is 0 Å². The van der Waals surface area contributed by atoms with Crippen LogP contribution in [-0.2, 0) is 0 Å². The maximum absolute atomic E-state index is 5.94. The molecule has 5 heteroatoms. The fraction of sp³-hybridized carbons (Fsp3) is 0.714. The summed E-state index contributed by atoms with van der Waals surface area (Å²) in [7, 11) is 0. The lowest BCUT2D eigenvalue weighted by Gasteiger charge is -2.20. The van der Waals surface area contributed by atoms with Crippen molar-refractivity contribution >= 4 is 23.1 Å². The quantitative estimate of drug-likeness (QED) is 0.755. The summed E-state index contributed by atoms with van der Waals surface area (Å²) in [5.41, 5.74) is 0.980. The second-order valence-corrected chi connectivity index (χ2v) is 4.33. The van der Waals surface area contributed by atoms with Gasteiger partial charge in [-0.25, -0.2) is 0 Å². The lowest BCUT2D eigenvalue weighted by molar-refractivity contribution is 0.454. The SMILES string of the molecule is Clc1snnc1C1CCCNC1. The van der Waals surface area contributed by atoms with Gasteiger partial charge in [-0.3, -0.25) is 0 Å². The summed E-state index contributed by atoms with van der Waals surface area (Å²) < 4.78 is 4.58. The molecule has 0 bridgehead atoms. The van der Waals surface area contributed by atoms with Crippen LogP contribution in [0.4, 0.5) is 0 Å². The Morgan fingerprint density at radius 1 is 1.58 bits per heavy atom. The summed E-state index contributed by atoms with van der Waals surface area (Å²) in [5.74, 6) is 0.477. The molecule has 1 aliphatic rings. The van der Waals surface area contributed by atoms with E-state index >= 15 is 0 Å². The van der Waals surface area contributed by atoms with E-state index in [1.54, 1.807) is 0 Å². The molecule has 1 aromatic heterocycles.